The monoisotopic (exact) mass is 268 g/mol. The van der Waals surface area contributed by atoms with E-state index in [1.807, 2.05) is 0 Å². The minimum absolute atomic E-state index is 0.0951. The number of ketones is 1. The first-order valence-electron chi connectivity index (χ1n) is 5.10. The summed E-state index contributed by atoms with van der Waals surface area (Å²) in [7, 11) is 0. The Kier molecular flexibility index (Phi) is 3.55. The van der Waals surface area contributed by atoms with Gasteiger partial charge < -0.3 is 4.42 Å². The molecule has 2 nitrogen and oxygen atoms in total. The van der Waals surface area contributed by atoms with E-state index in [2.05, 4.69) is 0 Å². The van der Waals surface area contributed by atoms with E-state index in [1.165, 1.54) is 0 Å². The Labute approximate surface area is 109 Å². The summed E-state index contributed by atoms with van der Waals surface area (Å²) in [6.45, 7) is 1.80. The largest absolute Gasteiger partial charge is 0.458 e. The number of halogens is 2. The molecule has 0 radical (unpaired) electrons. The lowest BCUT2D eigenvalue weighted by atomic mass is 10.1. The van der Waals surface area contributed by atoms with Crippen LogP contribution in [0.15, 0.2) is 34.7 Å². The molecule has 0 N–H and O–H groups in total. The van der Waals surface area contributed by atoms with E-state index in [-0.39, 0.29) is 12.2 Å². The molecule has 0 bridgehead atoms. The van der Waals surface area contributed by atoms with Gasteiger partial charge in [0.25, 0.3) is 0 Å². The maximum atomic E-state index is 11.9. The Morgan fingerprint density at radius 3 is 2.59 bits per heavy atom. The van der Waals surface area contributed by atoms with Gasteiger partial charge in [0, 0.05) is 16.5 Å². The molecule has 17 heavy (non-hydrogen) atoms. The van der Waals surface area contributed by atoms with E-state index in [9.17, 15) is 4.79 Å². The number of benzene rings is 1. The standard InChI is InChI=1S/C13H10Cl2O2/c1-8-2-5-13(17-8)12(16)6-9-3-4-10(14)7-11(9)15/h2-5,7H,6H2,1H3. The Hall–Kier alpha value is -1.25. The van der Waals surface area contributed by atoms with Crippen LogP contribution in [-0.2, 0) is 6.42 Å². The molecular weight excluding hydrogens is 259 g/mol. The SMILES string of the molecule is Cc1ccc(C(=O)Cc2ccc(Cl)cc2Cl)o1. The lowest BCUT2D eigenvalue weighted by Crippen LogP contribution is -2.02. The van der Waals surface area contributed by atoms with Crippen molar-refractivity contribution in [3.05, 3.63) is 57.5 Å². The van der Waals surface area contributed by atoms with Crippen molar-refractivity contribution in [2.45, 2.75) is 13.3 Å². The third kappa shape index (κ3) is 2.90. The molecule has 0 aliphatic rings. The molecule has 0 unspecified atom stereocenters. The van der Waals surface area contributed by atoms with Gasteiger partial charge in [0.1, 0.15) is 5.76 Å². The fraction of sp³-hybridized carbons (Fsp3) is 0.154. The van der Waals surface area contributed by atoms with Crippen LogP contribution in [0.5, 0.6) is 0 Å². The molecule has 0 saturated heterocycles. The van der Waals surface area contributed by atoms with Crippen LogP contribution in [0.2, 0.25) is 10.0 Å². The van der Waals surface area contributed by atoms with Crippen LogP contribution in [0.1, 0.15) is 21.9 Å². The molecule has 2 aromatic rings. The molecule has 88 valence electrons. The summed E-state index contributed by atoms with van der Waals surface area (Å²) in [4.78, 5) is 11.9. The van der Waals surface area contributed by atoms with Gasteiger partial charge in [0.05, 0.1) is 0 Å². The normalized spacial score (nSPS) is 10.5. The molecule has 1 heterocycles. The van der Waals surface area contributed by atoms with Crippen molar-refractivity contribution in [1.82, 2.24) is 0 Å². The fourth-order valence-corrected chi connectivity index (χ4v) is 1.98. The molecule has 0 spiro atoms. The van der Waals surface area contributed by atoms with Crippen LogP contribution in [0.4, 0.5) is 0 Å². The van der Waals surface area contributed by atoms with E-state index < -0.39 is 0 Å². The van der Waals surface area contributed by atoms with E-state index in [0.29, 0.717) is 15.8 Å². The number of Topliss-reactive ketones (excluding diaryl/α,β-unsaturated/α-hetero) is 1. The average molecular weight is 269 g/mol. The topological polar surface area (TPSA) is 30.2 Å². The summed E-state index contributed by atoms with van der Waals surface area (Å²) in [5, 5.41) is 1.05. The number of hydrogen-bond donors (Lipinski definition) is 0. The van der Waals surface area contributed by atoms with Crippen molar-refractivity contribution in [3.63, 3.8) is 0 Å². The van der Waals surface area contributed by atoms with Crippen LogP contribution >= 0.6 is 23.2 Å². The summed E-state index contributed by atoms with van der Waals surface area (Å²) in [6, 6.07) is 8.51. The van der Waals surface area contributed by atoms with Crippen molar-refractivity contribution in [3.8, 4) is 0 Å². The van der Waals surface area contributed by atoms with Crippen LogP contribution in [0, 0.1) is 6.92 Å². The molecular formula is C13H10Cl2O2. The molecule has 0 aliphatic carbocycles. The molecule has 4 heteroatoms. The average Bonchev–Trinajstić information content (AvgIpc) is 2.69. The molecule has 0 amide bonds. The molecule has 1 aromatic heterocycles. The highest BCUT2D eigenvalue weighted by molar-refractivity contribution is 6.35. The molecule has 0 aliphatic heterocycles. The maximum absolute atomic E-state index is 11.9. The number of furan rings is 1. The second kappa shape index (κ2) is 4.94. The summed E-state index contributed by atoms with van der Waals surface area (Å²) < 4.78 is 5.26. The third-order valence-corrected chi connectivity index (χ3v) is 2.97. The highest BCUT2D eigenvalue weighted by Gasteiger charge is 2.13. The van der Waals surface area contributed by atoms with Crippen molar-refractivity contribution in [2.75, 3.05) is 0 Å². The third-order valence-electron chi connectivity index (χ3n) is 2.38. The summed E-state index contributed by atoms with van der Waals surface area (Å²) in [5.74, 6) is 0.978. The lowest BCUT2D eigenvalue weighted by Gasteiger charge is -2.02. The number of carbonyl (C=O) groups excluding carboxylic acids is 1. The van der Waals surface area contributed by atoms with Gasteiger partial charge in [-0.05, 0) is 36.8 Å². The van der Waals surface area contributed by atoms with Gasteiger partial charge in [-0.1, -0.05) is 29.3 Å². The second-order valence-electron chi connectivity index (χ2n) is 3.75. The minimum atomic E-state index is -0.0951. The van der Waals surface area contributed by atoms with Crippen molar-refractivity contribution in [1.29, 1.82) is 0 Å². The first-order valence-corrected chi connectivity index (χ1v) is 5.85. The highest BCUT2D eigenvalue weighted by atomic mass is 35.5. The van der Waals surface area contributed by atoms with Crippen molar-refractivity contribution in [2.24, 2.45) is 0 Å². The summed E-state index contributed by atoms with van der Waals surface area (Å²) in [6.07, 6.45) is 0.211. The van der Waals surface area contributed by atoms with Crippen LogP contribution in [0.3, 0.4) is 0 Å². The summed E-state index contributed by atoms with van der Waals surface area (Å²) in [5.41, 5.74) is 0.745. The first kappa shape index (κ1) is 12.2. The van der Waals surface area contributed by atoms with E-state index in [0.717, 1.165) is 11.3 Å². The molecule has 1 aromatic carbocycles. The zero-order valence-electron chi connectivity index (χ0n) is 9.17. The van der Waals surface area contributed by atoms with Gasteiger partial charge in [0.15, 0.2) is 5.76 Å². The second-order valence-corrected chi connectivity index (χ2v) is 4.59. The molecule has 0 saturated carbocycles. The van der Waals surface area contributed by atoms with Crippen molar-refractivity contribution >= 4 is 29.0 Å². The van der Waals surface area contributed by atoms with Crippen LogP contribution in [-0.4, -0.2) is 5.78 Å². The number of carbonyl (C=O) groups is 1. The Bertz CT molecular complexity index is 558. The number of hydrogen-bond acceptors (Lipinski definition) is 2. The molecule has 2 rings (SSSR count). The van der Waals surface area contributed by atoms with Crippen LogP contribution in [0.25, 0.3) is 0 Å². The Balaban J connectivity index is 2.18. The zero-order valence-corrected chi connectivity index (χ0v) is 10.7. The molecule has 0 fully saturated rings. The van der Waals surface area contributed by atoms with Gasteiger partial charge >= 0.3 is 0 Å². The van der Waals surface area contributed by atoms with Crippen LogP contribution < -0.4 is 0 Å². The predicted octanol–water partition coefficient (Wildman–Crippen LogP) is 4.32. The van der Waals surface area contributed by atoms with E-state index in [1.54, 1.807) is 37.3 Å². The van der Waals surface area contributed by atoms with E-state index >= 15 is 0 Å². The fourth-order valence-electron chi connectivity index (χ4n) is 1.51. The van der Waals surface area contributed by atoms with E-state index in [4.69, 9.17) is 27.6 Å². The number of aryl methyl sites for hydroxylation is 1. The molecule has 0 atom stereocenters. The van der Waals surface area contributed by atoms with Gasteiger partial charge in [0.2, 0.25) is 5.78 Å². The first-order chi connectivity index (χ1) is 8.06. The van der Waals surface area contributed by atoms with Gasteiger partial charge in [-0.15, -0.1) is 0 Å². The predicted molar refractivity (Wildman–Crippen MR) is 67.9 cm³/mol. The minimum Gasteiger partial charge on any atom is -0.458 e. The lowest BCUT2D eigenvalue weighted by molar-refractivity contribution is 0.0965. The maximum Gasteiger partial charge on any atom is 0.202 e. The van der Waals surface area contributed by atoms with Gasteiger partial charge in [-0.2, -0.15) is 0 Å². The highest BCUT2D eigenvalue weighted by Crippen LogP contribution is 2.22. The smallest absolute Gasteiger partial charge is 0.202 e. The van der Waals surface area contributed by atoms with Gasteiger partial charge in [-0.25, -0.2) is 0 Å². The Morgan fingerprint density at radius 1 is 1.24 bits per heavy atom. The zero-order chi connectivity index (χ0) is 12.4. The van der Waals surface area contributed by atoms with Gasteiger partial charge in [-0.3, -0.25) is 4.79 Å². The summed E-state index contributed by atoms with van der Waals surface area (Å²) >= 11 is 11.8. The quantitative estimate of drug-likeness (QED) is 0.777. The number of rotatable bonds is 3. The Morgan fingerprint density at radius 2 is 2.00 bits per heavy atom. The van der Waals surface area contributed by atoms with Crippen molar-refractivity contribution < 1.29 is 9.21 Å².